The van der Waals surface area contributed by atoms with Crippen LogP contribution >= 0.6 is 12.4 Å². The van der Waals surface area contributed by atoms with Gasteiger partial charge in [0.1, 0.15) is 0 Å². The Hall–Kier alpha value is -1.20. The number of amides is 1. The summed E-state index contributed by atoms with van der Waals surface area (Å²) >= 11 is 0. The van der Waals surface area contributed by atoms with Crippen LogP contribution in [0.25, 0.3) is 0 Å². The summed E-state index contributed by atoms with van der Waals surface area (Å²) in [6.45, 7) is 0. The summed E-state index contributed by atoms with van der Waals surface area (Å²) in [5.74, 6) is -0.307. The van der Waals surface area contributed by atoms with E-state index in [1.165, 1.54) is 18.2 Å². The second-order valence-electron chi connectivity index (χ2n) is 4.04. The molecule has 1 saturated carbocycles. The molecule has 0 spiro atoms. The normalized spacial score (nSPS) is 16.2. The lowest BCUT2D eigenvalue weighted by Gasteiger charge is -2.10. The van der Waals surface area contributed by atoms with Crippen LogP contribution in [-0.2, 0) is 4.79 Å². The van der Waals surface area contributed by atoms with Crippen LogP contribution < -0.4 is 11.1 Å². The van der Waals surface area contributed by atoms with Gasteiger partial charge in [0, 0.05) is 11.3 Å². The zero-order valence-corrected chi connectivity index (χ0v) is 9.77. The summed E-state index contributed by atoms with van der Waals surface area (Å²) in [7, 11) is 0. The van der Waals surface area contributed by atoms with E-state index < -0.39 is 12.0 Å². The Morgan fingerprint density at radius 2 is 2.06 bits per heavy atom. The van der Waals surface area contributed by atoms with Crippen molar-refractivity contribution in [3.8, 4) is 0 Å². The first-order chi connectivity index (χ1) is 7.51. The molecule has 0 heterocycles. The summed E-state index contributed by atoms with van der Waals surface area (Å²) in [6.07, 6.45) is -1.24. The smallest absolute Gasteiger partial charge is 0.263 e. The maximum atomic E-state index is 12.4. The van der Waals surface area contributed by atoms with E-state index in [2.05, 4.69) is 5.32 Å². The largest absolute Gasteiger partial charge is 0.324 e. The van der Waals surface area contributed by atoms with Crippen molar-refractivity contribution in [2.75, 3.05) is 5.32 Å². The van der Waals surface area contributed by atoms with E-state index in [0.717, 1.165) is 0 Å². The number of hydrogen-bond acceptors (Lipinski definition) is 2. The van der Waals surface area contributed by atoms with Crippen molar-refractivity contribution in [1.29, 1.82) is 0 Å². The number of hydrogen-bond donors (Lipinski definition) is 2. The predicted molar refractivity (Wildman–Crippen MR) is 63.4 cm³/mol. The summed E-state index contributed by atoms with van der Waals surface area (Å²) < 4.78 is 24.8. The Morgan fingerprint density at radius 1 is 1.41 bits per heavy atom. The highest BCUT2D eigenvalue weighted by Gasteiger charge is 2.45. The van der Waals surface area contributed by atoms with Crippen molar-refractivity contribution >= 4 is 24.0 Å². The minimum atomic E-state index is -2.54. The Kier molecular flexibility index (Phi) is 4.06. The lowest BCUT2D eigenvalue weighted by atomic mass is 10.2. The SMILES string of the molecule is Cl.NC1(C(=O)Nc2cccc(C(F)F)c2)CC1. The quantitative estimate of drug-likeness (QED) is 0.879. The van der Waals surface area contributed by atoms with E-state index in [-0.39, 0.29) is 23.9 Å². The Bertz CT molecular complexity index is 422. The highest BCUT2D eigenvalue weighted by Crippen LogP contribution is 2.33. The Labute approximate surface area is 104 Å². The number of carbonyl (C=O) groups is 1. The first-order valence-electron chi connectivity index (χ1n) is 5.00. The van der Waals surface area contributed by atoms with E-state index in [9.17, 15) is 13.6 Å². The molecule has 0 aliphatic heterocycles. The van der Waals surface area contributed by atoms with E-state index in [4.69, 9.17) is 5.73 Å². The van der Waals surface area contributed by atoms with E-state index in [0.29, 0.717) is 18.5 Å². The van der Waals surface area contributed by atoms with Crippen LogP contribution in [0.5, 0.6) is 0 Å². The molecule has 6 heteroatoms. The van der Waals surface area contributed by atoms with E-state index in [1.807, 2.05) is 0 Å². The average molecular weight is 263 g/mol. The molecule has 0 aromatic heterocycles. The topological polar surface area (TPSA) is 55.1 Å². The number of anilines is 1. The zero-order chi connectivity index (χ0) is 11.8. The van der Waals surface area contributed by atoms with E-state index >= 15 is 0 Å². The molecule has 0 saturated heterocycles. The van der Waals surface area contributed by atoms with Crippen LogP contribution in [0.4, 0.5) is 14.5 Å². The molecule has 0 unspecified atom stereocenters. The number of carbonyl (C=O) groups excluding carboxylic acids is 1. The second kappa shape index (κ2) is 4.98. The van der Waals surface area contributed by atoms with Gasteiger partial charge in [-0.15, -0.1) is 12.4 Å². The molecular formula is C11H13ClF2N2O. The van der Waals surface area contributed by atoms with Gasteiger partial charge in [-0.2, -0.15) is 0 Å². The first kappa shape index (κ1) is 13.9. The number of halogens is 3. The average Bonchev–Trinajstić information content (AvgIpc) is 2.98. The molecule has 1 aliphatic carbocycles. The van der Waals surface area contributed by atoms with Crippen molar-refractivity contribution in [2.24, 2.45) is 5.73 Å². The highest BCUT2D eigenvalue weighted by atomic mass is 35.5. The van der Waals surface area contributed by atoms with Gasteiger partial charge >= 0.3 is 0 Å². The fourth-order valence-electron chi connectivity index (χ4n) is 1.37. The third-order valence-corrected chi connectivity index (χ3v) is 2.64. The lowest BCUT2D eigenvalue weighted by Crippen LogP contribution is -2.37. The van der Waals surface area contributed by atoms with Gasteiger partial charge in [-0.1, -0.05) is 12.1 Å². The van der Waals surface area contributed by atoms with Crippen molar-refractivity contribution in [1.82, 2.24) is 0 Å². The van der Waals surface area contributed by atoms with Gasteiger partial charge in [0.2, 0.25) is 5.91 Å². The lowest BCUT2D eigenvalue weighted by molar-refractivity contribution is -0.118. The molecule has 2 rings (SSSR count). The molecule has 3 nitrogen and oxygen atoms in total. The molecule has 1 aliphatic rings. The zero-order valence-electron chi connectivity index (χ0n) is 8.95. The van der Waals surface area contributed by atoms with Gasteiger partial charge in [-0.25, -0.2) is 8.78 Å². The minimum Gasteiger partial charge on any atom is -0.324 e. The summed E-state index contributed by atoms with van der Waals surface area (Å²) in [6, 6.07) is 5.62. The molecule has 1 fully saturated rings. The molecule has 0 bridgehead atoms. The van der Waals surface area contributed by atoms with Gasteiger partial charge < -0.3 is 11.1 Å². The number of rotatable bonds is 3. The maximum Gasteiger partial charge on any atom is 0.263 e. The standard InChI is InChI=1S/C11H12F2N2O.ClH/c12-9(13)7-2-1-3-8(6-7)15-10(16)11(14)4-5-11;/h1-3,6,9H,4-5,14H2,(H,15,16);1H. The third kappa shape index (κ3) is 3.14. The number of alkyl halides is 2. The Balaban J connectivity index is 0.00000144. The van der Waals surface area contributed by atoms with Gasteiger partial charge in [0.05, 0.1) is 5.54 Å². The number of nitrogens with one attached hydrogen (secondary N) is 1. The van der Waals surface area contributed by atoms with Gasteiger partial charge in [0.25, 0.3) is 6.43 Å². The van der Waals surface area contributed by atoms with Gasteiger partial charge in [-0.05, 0) is 25.0 Å². The van der Waals surface area contributed by atoms with Crippen molar-refractivity contribution in [3.05, 3.63) is 29.8 Å². The monoisotopic (exact) mass is 262 g/mol. The first-order valence-corrected chi connectivity index (χ1v) is 5.00. The van der Waals surface area contributed by atoms with Crippen LogP contribution in [0, 0.1) is 0 Å². The predicted octanol–water partition coefficient (Wildman–Crippen LogP) is 2.48. The molecular weight excluding hydrogens is 250 g/mol. The van der Waals surface area contributed by atoms with Crippen molar-refractivity contribution in [2.45, 2.75) is 24.8 Å². The fourth-order valence-corrected chi connectivity index (χ4v) is 1.37. The van der Waals surface area contributed by atoms with E-state index in [1.54, 1.807) is 6.07 Å². The second-order valence-corrected chi connectivity index (χ2v) is 4.04. The van der Waals surface area contributed by atoms with Crippen LogP contribution in [0.3, 0.4) is 0 Å². The molecule has 94 valence electrons. The molecule has 3 N–H and O–H groups in total. The van der Waals surface area contributed by atoms with Crippen molar-refractivity contribution < 1.29 is 13.6 Å². The fraction of sp³-hybridized carbons (Fsp3) is 0.364. The van der Waals surface area contributed by atoms with Gasteiger partial charge in [0.15, 0.2) is 0 Å². The van der Waals surface area contributed by atoms with Crippen molar-refractivity contribution in [3.63, 3.8) is 0 Å². The highest BCUT2D eigenvalue weighted by molar-refractivity contribution is 6.00. The van der Waals surface area contributed by atoms with Crippen LogP contribution in [0.15, 0.2) is 24.3 Å². The molecule has 0 radical (unpaired) electrons. The summed E-state index contributed by atoms with van der Waals surface area (Å²) in [5, 5.41) is 2.54. The molecule has 1 amide bonds. The maximum absolute atomic E-state index is 12.4. The van der Waals surface area contributed by atoms with Gasteiger partial charge in [-0.3, -0.25) is 4.79 Å². The molecule has 0 atom stereocenters. The minimum absolute atomic E-state index is 0. The molecule has 1 aromatic rings. The van der Waals surface area contributed by atoms with Crippen LogP contribution in [0.2, 0.25) is 0 Å². The molecule has 17 heavy (non-hydrogen) atoms. The Morgan fingerprint density at radius 3 is 2.59 bits per heavy atom. The summed E-state index contributed by atoms with van der Waals surface area (Å²) in [5.41, 5.74) is 5.13. The number of benzene rings is 1. The molecule has 1 aromatic carbocycles. The summed E-state index contributed by atoms with van der Waals surface area (Å²) in [4.78, 5) is 11.6. The third-order valence-electron chi connectivity index (χ3n) is 2.64. The van der Waals surface area contributed by atoms with Crippen LogP contribution in [0.1, 0.15) is 24.8 Å². The van der Waals surface area contributed by atoms with Crippen LogP contribution in [-0.4, -0.2) is 11.4 Å². The number of nitrogens with two attached hydrogens (primary N) is 1.